The van der Waals surface area contributed by atoms with Crippen molar-refractivity contribution in [2.24, 2.45) is 0 Å². The summed E-state index contributed by atoms with van der Waals surface area (Å²) in [7, 11) is 0. The summed E-state index contributed by atoms with van der Waals surface area (Å²) >= 11 is 5.98. The first kappa shape index (κ1) is 14.3. The maximum Gasteiger partial charge on any atom is 0.224 e. The summed E-state index contributed by atoms with van der Waals surface area (Å²) in [5.74, 6) is 1.31. The molecule has 0 radical (unpaired) electrons. The molecule has 1 saturated heterocycles. The third kappa shape index (κ3) is 2.88. The standard InChI is InChI=1S/C15H19ClN4O/c1-11-8-12-15(17-10-11)20(13(9-16)18-12)7-4-14(21)19-5-2-3-6-19/h8,10H,2-7,9H2,1H3. The molecule has 1 amide bonds. The highest BCUT2D eigenvalue weighted by atomic mass is 35.5. The van der Waals surface area contributed by atoms with Crippen molar-refractivity contribution in [3.8, 4) is 0 Å². The van der Waals surface area contributed by atoms with Crippen LogP contribution in [0.5, 0.6) is 0 Å². The molecule has 2 aromatic heterocycles. The van der Waals surface area contributed by atoms with E-state index in [1.165, 1.54) is 0 Å². The zero-order chi connectivity index (χ0) is 14.8. The average Bonchev–Trinajstić information content (AvgIpc) is 3.11. The number of hydrogen-bond donors (Lipinski definition) is 0. The van der Waals surface area contributed by atoms with Crippen LogP contribution < -0.4 is 0 Å². The minimum absolute atomic E-state index is 0.210. The predicted octanol–water partition coefficient (Wildman–Crippen LogP) is 2.49. The third-order valence-electron chi connectivity index (χ3n) is 3.93. The lowest BCUT2D eigenvalue weighted by Gasteiger charge is -2.15. The lowest BCUT2D eigenvalue weighted by molar-refractivity contribution is -0.130. The summed E-state index contributed by atoms with van der Waals surface area (Å²) in [5, 5.41) is 0. The van der Waals surface area contributed by atoms with Crippen LogP contribution in [0.15, 0.2) is 12.3 Å². The van der Waals surface area contributed by atoms with E-state index in [0.29, 0.717) is 18.8 Å². The van der Waals surface area contributed by atoms with Gasteiger partial charge < -0.3 is 9.47 Å². The van der Waals surface area contributed by atoms with E-state index in [1.54, 1.807) is 0 Å². The summed E-state index contributed by atoms with van der Waals surface area (Å²) in [5.41, 5.74) is 2.73. The van der Waals surface area contributed by atoms with Gasteiger partial charge in [-0.25, -0.2) is 9.97 Å². The molecular weight excluding hydrogens is 288 g/mol. The molecule has 5 nitrogen and oxygen atoms in total. The normalized spacial score (nSPS) is 15.0. The molecule has 1 aliphatic heterocycles. The smallest absolute Gasteiger partial charge is 0.224 e. The number of carbonyl (C=O) groups is 1. The molecule has 0 N–H and O–H groups in total. The molecule has 0 unspecified atom stereocenters. The Morgan fingerprint density at radius 2 is 2.14 bits per heavy atom. The van der Waals surface area contributed by atoms with Crippen molar-refractivity contribution in [1.29, 1.82) is 0 Å². The first-order valence-electron chi connectivity index (χ1n) is 7.34. The molecule has 0 spiro atoms. The Kier molecular flexibility index (Phi) is 4.10. The summed E-state index contributed by atoms with van der Waals surface area (Å²) in [6.07, 6.45) is 4.53. The van der Waals surface area contributed by atoms with Gasteiger partial charge in [0, 0.05) is 32.3 Å². The van der Waals surface area contributed by atoms with E-state index in [1.807, 2.05) is 28.7 Å². The van der Waals surface area contributed by atoms with Crippen LogP contribution in [0.2, 0.25) is 0 Å². The molecule has 0 bridgehead atoms. The Hall–Kier alpha value is -1.62. The first-order valence-corrected chi connectivity index (χ1v) is 7.88. The van der Waals surface area contributed by atoms with Crippen LogP contribution in [0.3, 0.4) is 0 Å². The molecule has 2 aromatic rings. The Balaban J connectivity index is 1.80. The first-order chi connectivity index (χ1) is 10.2. The molecule has 0 atom stereocenters. The van der Waals surface area contributed by atoms with Gasteiger partial charge in [-0.3, -0.25) is 4.79 Å². The number of alkyl halides is 1. The fourth-order valence-corrected chi connectivity index (χ4v) is 3.03. The number of halogens is 1. The highest BCUT2D eigenvalue weighted by molar-refractivity contribution is 6.16. The van der Waals surface area contributed by atoms with Gasteiger partial charge in [-0.15, -0.1) is 11.6 Å². The molecule has 0 saturated carbocycles. The van der Waals surface area contributed by atoms with E-state index in [2.05, 4.69) is 9.97 Å². The van der Waals surface area contributed by atoms with Crippen LogP contribution in [0.1, 0.15) is 30.7 Å². The molecule has 112 valence electrons. The van der Waals surface area contributed by atoms with Gasteiger partial charge in [0.25, 0.3) is 0 Å². The van der Waals surface area contributed by atoms with Crippen LogP contribution in [0.25, 0.3) is 11.2 Å². The van der Waals surface area contributed by atoms with Crippen LogP contribution in [-0.2, 0) is 17.2 Å². The van der Waals surface area contributed by atoms with Crippen molar-refractivity contribution in [1.82, 2.24) is 19.4 Å². The molecule has 0 aromatic carbocycles. The number of nitrogens with zero attached hydrogens (tertiary/aromatic N) is 4. The molecule has 21 heavy (non-hydrogen) atoms. The zero-order valence-electron chi connectivity index (χ0n) is 12.2. The van der Waals surface area contributed by atoms with E-state index in [0.717, 1.165) is 48.5 Å². The highest BCUT2D eigenvalue weighted by Gasteiger charge is 2.19. The van der Waals surface area contributed by atoms with E-state index < -0.39 is 0 Å². The monoisotopic (exact) mass is 306 g/mol. The second-order valence-electron chi connectivity index (χ2n) is 5.51. The van der Waals surface area contributed by atoms with Crippen LogP contribution in [0, 0.1) is 6.92 Å². The number of likely N-dealkylation sites (tertiary alicyclic amines) is 1. The topological polar surface area (TPSA) is 51.0 Å². The van der Waals surface area contributed by atoms with Gasteiger partial charge in [-0.2, -0.15) is 0 Å². The number of rotatable bonds is 4. The molecule has 3 rings (SSSR count). The molecule has 1 aliphatic rings. The van der Waals surface area contributed by atoms with E-state index >= 15 is 0 Å². The number of fused-ring (bicyclic) bond motifs is 1. The number of pyridine rings is 1. The fourth-order valence-electron chi connectivity index (χ4n) is 2.83. The van der Waals surface area contributed by atoms with E-state index in [9.17, 15) is 4.79 Å². The molecule has 6 heteroatoms. The van der Waals surface area contributed by atoms with Crippen LogP contribution in [-0.4, -0.2) is 38.4 Å². The van der Waals surface area contributed by atoms with Crippen molar-refractivity contribution in [2.75, 3.05) is 13.1 Å². The molecule has 3 heterocycles. The maximum absolute atomic E-state index is 12.2. The van der Waals surface area contributed by atoms with Crippen molar-refractivity contribution in [3.63, 3.8) is 0 Å². The average molecular weight is 307 g/mol. The highest BCUT2D eigenvalue weighted by Crippen LogP contribution is 2.18. The van der Waals surface area contributed by atoms with E-state index in [-0.39, 0.29) is 5.91 Å². The Morgan fingerprint density at radius 3 is 2.86 bits per heavy atom. The third-order valence-corrected chi connectivity index (χ3v) is 4.17. The van der Waals surface area contributed by atoms with Crippen molar-refractivity contribution >= 4 is 28.7 Å². The number of aryl methyl sites for hydroxylation is 2. The van der Waals surface area contributed by atoms with Gasteiger partial charge in [0.2, 0.25) is 5.91 Å². The minimum atomic E-state index is 0.210. The van der Waals surface area contributed by atoms with Gasteiger partial charge in [-0.05, 0) is 31.4 Å². The number of hydrogen-bond acceptors (Lipinski definition) is 3. The fraction of sp³-hybridized carbons (Fsp3) is 0.533. The largest absolute Gasteiger partial charge is 0.343 e. The summed E-state index contributed by atoms with van der Waals surface area (Å²) < 4.78 is 1.97. The van der Waals surface area contributed by atoms with Gasteiger partial charge >= 0.3 is 0 Å². The van der Waals surface area contributed by atoms with Crippen LogP contribution in [0.4, 0.5) is 0 Å². The molecule has 1 fully saturated rings. The number of aromatic nitrogens is 3. The summed E-state index contributed by atoms with van der Waals surface area (Å²) in [6, 6.07) is 2.00. The van der Waals surface area contributed by atoms with Crippen molar-refractivity contribution in [2.45, 2.75) is 38.6 Å². The number of amides is 1. The lowest BCUT2D eigenvalue weighted by Crippen LogP contribution is -2.28. The SMILES string of the molecule is Cc1cnc2c(c1)nc(CCl)n2CCC(=O)N1CCCC1. The number of imidazole rings is 1. The quantitative estimate of drug-likeness (QED) is 0.816. The van der Waals surface area contributed by atoms with Gasteiger partial charge in [0.1, 0.15) is 11.3 Å². The van der Waals surface area contributed by atoms with Gasteiger partial charge in [-0.1, -0.05) is 0 Å². The van der Waals surface area contributed by atoms with Gasteiger partial charge in [0.05, 0.1) is 5.88 Å². The Labute approximate surface area is 128 Å². The minimum Gasteiger partial charge on any atom is -0.343 e. The second kappa shape index (κ2) is 6.02. The Bertz CT molecular complexity index is 661. The maximum atomic E-state index is 12.2. The number of carbonyl (C=O) groups excluding carboxylic acids is 1. The van der Waals surface area contributed by atoms with Crippen molar-refractivity contribution < 1.29 is 4.79 Å². The van der Waals surface area contributed by atoms with Crippen LogP contribution >= 0.6 is 11.6 Å². The zero-order valence-corrected chi connectivity index (χ0v) is 12.9. The summed E-state index contributed by atoms with van der Waals surface area (Å²) in [6.45, 7) is 4.36. The lowest BCUT2D eigenvalue weighted by atomic mass is 10.3. The molecule has 0 aliphatic carbocycles. The summed E-state index contributed by atoms with van der Waals surface area (Å²) in [4.78, 5) is 23.1. The van der Waals surface area contributed by atoms with Crippen molar-refractivity contribution in [3.05, 3.63) is 23.7 Å². The van der Waals surface area contributed by atoms with E-state index in [4.69, 9.17) is 11.6 Å². The van der Waals surface area contributed by atoms with Gasteiger partial charge in [0.15, 0.2) is 5.65 Å². The Morgan fingerprint density at radius 1 is 1.38 bits per heavy atom. The second-order valence-corrected chi connectivity index (χ2v) is 5.77. The predicted molar refractivity (Wildman–Crippen MR) is 82.3 cm³/mol. The molecular formula is C15H19ClN4O.